The first-order valence-electron chi connectivity index (χ1n) is 7.51. The predicted octanol–water partition coefficient (Wildman–Crippen LogP) is 2.81. The minimum atomic E-state index is -0.520. The summed E-state index contributed by atoms with van der Waals surface area (Å²) >= 11 is 0. The van der Waals surface area contributed by atoms with Crippen LogP contribution in [-0.4, -0.2) is 33.3 Å². The molecule has 0 atom stereocenters. The molecular formula is C18H20N2O5. The van der Waals surface area contributed by atoms with Crippen LogP contribution < -0.4 is 20.1 Å². The lowest BCUT2D eigenvalue weighted by molar-refractivity contribution is 0.0602. The van der Waals surface area contributed by atoms with Gasteiger partial charge in [-0.25, -0.2) is 9.59 Å². The summed E-state index contributed by atoms with van der Waals surface area (Å²) in [5.74, 6) is 0.744. The minimum Gasteiger partial charge on any atom is -0.497 e. The highest BCUT2D eigenvalue weighted by Crippen LogP contribution is 2.22. The van der Waals surface area contributed by atoms with E-state index in [4.69, 9.17) is 14.2 Å². The molecule has 2 N–H and O–H groups in total. The van der Waals surface area contributed by atoms with Crippen molar-refractivity contribution in [2.24, 2.45) is 0 Å². The number of carbonyl (C=O) groups excluding carboxylic acids is 2. The molecule has 0 unspecified atom stereocenters. The van der Waals surface area contributed by atoms with Crippen molar-refractivity contribution in [3.8, 4) is 11.5 Å². The van der Waals surface area contributed by atoms with Crippen molar-refractivity contribution >= 4 is 17.7 Å². The van der Waals surface area contributed by atoms with Gasteiger partial charge in [0.2, 0.25) is 0 Å². The number of para-hydroxylation sites is 1. The molecule has 2 aromatic rings. The number of methoxy groups -OCH3 is 3. The van der Waals surface area contributed by atoms with Gasteiger partial charge >= 0.3 is 12.0 Å². The summed E-state index contributed by atoms with van der Waals surface area (Å²) in [5.41, 5.74) is 1.46. The second-order valence-corrected chi connectivity index (χ2v) is 5.07. The molecule has 7 heteroatoms. The van der Waals surface area contributed by atoms with E-state index in [1.165, 1.54) is 7.11 Å². The normalized spacial score (nSPS) is 9.88. The van der Waals surface area contributed by atoms with Gasteiger partial charge in [-0.2, -0.15) is 0 Å². The number of ether oxygens (including phenoxy) is 3. The summed E-state index contributed by atoms with van der Waals surface area (Å²) < 4.78 is 15.1. The van der Waals surface area contributed by atoms with E-state index in [2.05, 4.69) is 10.6 Å². The van der Waals surface area contributed by atoms with E-state index < -0.39 is 12.0 Å². The second-order valence-electron chi connectivity index (χ2n) is 5.07. The third-order valence-electron chi connectivity index (χ3n) is 3.44. The molecule has 0 saturated carbocycles. The molecule has 0 saturated heterocycles. The number of nitrogens with one attached hydrogen (secondary N) is 2. The van der Waals surface area contributed by atoms with Gasteiger partial charge in [0.05, 0.1) is 32.6 Å². The lowest BCUT2D eigenvalue weighted by Gasteiger charge is -2.12. The molecule has 2 amide bonds. The van der Waals surface area contributed by atoms with Crippen molar-refractivity contribution in [1.29, 1.82) is 0 Å². The van der Waals surface area contributed by atoms with Crippen LogP contribution in [0.3, 0.4) is 0 Å². The van der Waals surface area contributed by atoms with Gasteiger partial charge in [0.1, 0.15) is 11.5 Å². The average molecular weight is 344 g/mol. The summed E-state index contributed by atoms with van der Waals surface area (Å²) in [6, 6.07) is 11.5. The number of hydrogen-bond donors (Lipinski definition) is 2. The van der Waals surface area contributed by atoms with E-state index in [0.717, 1.165) is 5.56 Å². The number of esters is 1. The molecule has 0 fully saturated rings. The summed E-state index contributed by atoms with van der Waals surface area (Å²) in [6.07, 6.45) is 0. The molecule has 2 rings (SSSR count). The lowest BCUT2D eigenvalue weighted by atomic mass is 10.2. The third kappa shape index (κ3) is 4.87. The second kappa shape index (κ2) is 8.58. The number of benzene rings is 2. The Hall–Kier alpha value is -3.22. The molecule has 2 aromatic carbocycles. The van der Waals surface area contributed by atoms with Crippen LogP contribution in [0.2, 0.25) is 0 Å². The number of carbonyl (C=O) groups is 2. The Labute approximate surface area is 145 Å². The van der Waals surface area contributed by atoms with Gasteiger partial charge in [-0.1, -0.05) is 12.1 Å². The first-order valence-corrected chi connectivity index (χ1v) is 7.51. The average Bonchev–Trinajstić information content (AvgIpc) is 2.65. The van der Waals surface area contributed by atoms with Crippen molar-refractivity contribution in [2.75, 3.05) is 26.6 Å². The van der Waals surface area contributed by atoms with Crippen molar-refractivity contribution < 1.29 is 23.8 Å². The molecule has 0 aliphatic rings. The number of urea groups is 1. The van der Waals surface area contributed by atoms with Gasteiger partial charge in [-0.3, -0.25) is 0 Å². The molecule has 7 nitrogen and oxygen atoms in total. The maximum absolute atomic E-state index is 12.1. The Morgan fingerprint density at radius 1 is 0.960 bits per heavy atom. The van der Waals surface area contributed by atoms with E-state index in [-0.39, 0.29) is 12.1 Å². The van der Waals surface area contributed by atoms with Gasteiger partial charge in [-0.05, 0) is 29.8 Å². The van der Waals surface area contributed by atoms with Crippen LogP contribution in [-0.2, 0) is 11.3 Å². The van der Waals surface area contributed by atoms with Crippen LogP contribution in [0.1, 0.15) is 15.9 Å². The van der Waals surface area contributed by atoms with E-state index in [9.17, 15) is 9.59 Å². The number of anilines is 1. The summed E-state index contributed by atoms with van der Waals surface area (Å²) in [5, 5.41) is 5.36. The third-order valence-corrected chi connectivity index (χ3v) is 3.44. The number of rotatable bonds is 6. The zero-order valence-corrected chi connectivity index (χ0v) is 14.3. The lowest BCUT2D eigenvalue weighted by Crippen LogP contribution is -2.29. The van der Waals surface area contributed by atoms with Crippen LogP contribution in [0, 0.1) is 0 Å². The highest BCUT2D eigenvalue weighted by molar-refractivity contribution is 6.00. The Morgan fingerprint density at radius 3 is 2.20 bits per heavy atom. The van der Waals surface area contributed by atoms with Gasteiger partial charge < -0.3 is 24.8 Å². The highest BCUT2D eigenvalue weighted by Gasteiger charge is 2.13. The van der Waals surface area contributed by atoms with Gasteiger partial charge in [-0.15, -0.1) is 0 Å². The molecule has 0 aliphatic carbocycles. The van der Waals surface area contributed by atoms with E-state index in [0.29, 0.717) is 17.2 Å². The fourth-order valence-electron chi connectivity index (χ4n) is 2.20. The zero-order chi connectivity index (χ0) is 18.2. The molecular weight excluding hydrogens is 324 g/mol. The fourth-order valence-corrected chi connectivity index (χ4v) is 2.20. The Kier molecular flexibility index (Phi) is 6.22. The monoisotopic (exact) mass is 344 g/mol. The van der Waals surface area contributed by atoms with Crippen LogP contribution in [0.4, 0.5) is 10.5 Å². The SMILES string of the molecule is COC(=O)c1ccccc1NC(=O)NCc1cc(OC)cc(OC)c1. The van der Waals surface area contributed by atoms with Crippen LogP contribution >= 0.6 is 0 Å². The highest BCUT2D eigenvalue weighted by atomic mass is 16.5. The topological polar surface area (TPSA) is 85.9 Å². The van der Waals surface area contributed by atoms with Crippen molar-refractivity contribution in [1.82, 2.24) is 5.32 Å². The Bertz CT molecular complexity index is 739. The van der Waals surface area contributed by atoms with Gasteiger partial charge in [0, 0.05) is 12.6 Å². The minimum absolute atomic E-state index is 0.264. The van der Waals surface area contributed by atoms with Gasteiger partial charge in [0.25, 0.3) is 0 Å². The first-order chi connectivity index (χ1) is 12.1. The summed E-state index contributed by atoms with van der Waals surface area (Å²) in [4.78, 5) is 23.8. The molecule has 0 heterocycles. The van der Waals surface area contributed by atoms with E-state index in [1.54, 1.807) is 56.7 Å². The number of amides is 2. The van der Waals surface area contributed by atoms with Gasteiger partial charge in [0.15, 0.2) is 0 Å². The maximum atomic E-state index is 12.1. The molecule has 0 aromatic heterocycles. The molecule has 0 spiro atoms. The maximum Gasteiger partial charge on any atom is 0.339 e. The summed E-state index contributed by atoms with van der Waals surface area (Å²) in [6.45, 7) is 0.264. The standard InChI is InChI=1S/C18H20N2O5/c1-23-13-8-12(9-14(10-13)24-2)11-19-18(22)20-16-7-5-4-6-15(16)17(21)25-3/h4-10H,11H2,1-3H3,(H2,19,20,22). The largest absolute Gasteiger partial charge is 0.497 e. The zero-order valence-electron chi connectivity index (χ0n) is 14.3. The number of hydrogen-bond acceptors (Lipinski definition) is 5. The predicted molar refractivity (Wildman–Crippen MR) is 93.2 cm³/mol. The van der Waals surface area contributed by atoms with Crippen molar-refractivity contribution in [2.45, 2.75) is 6.54 Å². The fraction of sp³-hybridized carbons (Fsp3) is 0.222. The summed E-state index contributed by atoms with van der Waals surface area (Å²) in [7, 11) is 4.40. The first kappa shape index (κ1) is 18.1. The molecule has 132 valence electrons. The van der Waals surface area contributed by atoms with Crippen molar-refractivity contribution in [3.63, 3.8) is 0 Å². The molecule has 0 aliphatic heterocycles. The molecule has 25 heavy (non-hydrogen) atoms. The van der Waals surface area contributed by atoms with Crippen LogP contribution in [0.25, 0.3) is 0 Å². The van der Waals surface area contributed by atoms with Crippen LogP contribution in [0.15, 0.2) is 42.5 Å². The Balaban J connectivity index is 2.03. The van der Waals surface area contributed by atoms with E-state index >= 15 is 0 Å². The van der Waals surface area contributed by atoms with E-state index in [1.807, 2.05) is 0 Å². The smallest absolute Gasteiger partial charge is 0.339 e. The Morgan fingerprint density at radius 2 is 1.60 bits per heavy atom. The van der Waals surface area contributed by atoms with Crippen LogP contribution in [0.5, 0.6) is 11.5 Å². The quantitative estimate of drug-likeness (QED) is 0.787. The molecule has 0 radical (unpaired) electrons. The molecule has 0 bridgehead atoms. The van der Waals surface area contributed by atoms with Crippen molar-refractivity contribution in [3.05, 3.63) is 53.6 Å².